The highest BCUT2D eigenvalue weighted by Gasteiger charge is 2.28. The van der Waals surface area contributed by atoms with Gasteiger partial charge >= 0.3 is 0 Å². The SMILES string of the molecule is CCOCc1nc(NC)cc(N2CCC(C)(O)CC2)n1. The quantitative estimate of drug-likeness (QED) is 0.850. The third-order valence-electron chi connectivity index (χ3n) is 3.61. The highest BCUT2D eigenvalue weighted by Crippen LogP contribution is 2.25. The number of anilines is 2. The number of aliphatic hydroxyl groups is 1. The lowest BCUT2D eigenvalue weighted by molar-refractivity contribution is 0.0350. The zero-order valence-corrected chi connectivity index (χ0v) is 12.5. The predicted molar refractivity (Wildman–Crippen MR) is 79.0 cm³/mol. The van der Waals surface area contributed by atoms with Gasteiger partial charge in [-0.05, 0) is 26.7 Å². The summed E-state index contributed by atoms with van der Waals surface area (Å²) in [5, 5.41) is 13.1. The molecule has 112 valence electrons. The molecule has 0 amide bonds. The van der Waals surface area contributed by atoms with Crippen LogP contribution in [0.15, 0.2) is 6.07 Å². The fraction of sp³-hybridized carbons (Fsp3) is 0.714. The summed E-state index contributed by atoms with van der Waals surface area (Å²) < 4.78 is 5.38. The molecule has 20 heavy (non-hydrogen) atoms. The highest BCUT2D eigenvalue weighted by atomic mass is 16.5. The topological polar surface area (TPSA) is 70.5 Å². The monoisotopic (exact) mass is 280 g/mol. The van der Waals surface area contributed by atoms with Crippen LogP contribution in [0.1, 0.15) is 32.5 Å². The molecule has 0 atom stereocenters. The first kappa shape index (κ1) is 15.0. The van der Waals surface area contributed by atoms with E-state index < -0.39 is 5.60 Å². The van der Waals surface area contributed by atoms with Crippen LogP contribution in [-0.4, -0.2) is 47.4 Å². The first-order valence-electron chi connectivity index (χ1n) is 7.15. The summed E-state index contributed by atoms with van der Waals surface area (Å²) in [4.78, 5) is 11.1. The molecule has 1 saturated heterocycles. The molecule has 1 fully saturated rings. The normalized spacial score (nSPS) is 18.1. The van der Waals surface area contributed by atoms with Crippen molar-refractivity contribution in [2.75, 3.05) is 37.0 Å². The summed E-state index contributed by atoms with van der Waals surface area (Å²) in [6.45, 7) is 6.53. The highest BCUT2D eigenvalue weighted by molar-refractivity contribution is 5.49. The maximum Gasteiger partial charge on any atom is 0.158 e. The summed E-state index contributed by atoms with van der Waals surface area (Å²) in [7, 11) is 1.84. The molecule has 0 aromatic carbocycles. The number of hydrogen-bond donors (Lipinski definition) is 2. The summed E-state index contributed by atoms with van der Waals surface area (Å²) in [5.41, 5.74) is -0.552. The van der Waals surface area contributed by atoms with Gasteiger partial charge in [-0.15, -0.1) is 0 Å². The fourth-order valence-corrected chi connectivity index (χ4v) is 2.25. The molecule has 0 radical (unpaired) electrons. The second-order valence-corrected chi connectivity index (χ2v) is 5.40. The number of ether oxygens (including phenoxy) is 1. The van der Waals surface area contributed by atoms with Crippen molar-refractivity contribution < 1.29 is 9.84 Å². The largest absolute Gasteiger partial charge is 0.390 e. The second-order valence-electron chi connectivity index (χ2n) is 5.40. The first-order chi connectivity index (χ1) is 9.54. The minimum atomic E-state index is -0.552. The maximum atomic E-state index is 10.0. The Labute approximate surface area is 120 Å². The third-order valence-corrected chi connectivity index (χ3v) is 3.61. The molecule has 1 aliphatic heterocycles. The van der Waals surface area contributed by atoms with Crippen molar-refractivity contribution in [2.24, 2.45) is 0 Å². The minimum absolute atomic E-state index is 0.421. The van der Waals surface area contributed by atoms with Gasteiger partial charge in [-0.25, -0.2) is 9.97 Å². The average molecular weight is 280 g/mol. The number of hydrogen-bond acceptors (Lipinski definition) is 6. The zero-order chi connectivity index (χ0) is 14.6. The summed E-state index contributed by atoms with van der Waals surface area (Å²) in [5.74, 6) is 2.38. The van der Waals surface area contributed by atoms with Crippen LogP contribution in [0, 0.1) is 0 Å². The van der Waals surface area contributed by atoms with E-state index in [2.05, 4.69) is 20.2 Å². The number of aromatic nitrogens is 2. The number of rotatable bonds is 5. The molecule has 0 saturated carbocycles. The van der Waals surface area contributed by atoms with Crippen LogP contribution >= 0.6 is 0 Å². The van der Waals surface area contributed by atoms with Crippen LogP contribution in [0.2, 0.25) is 0 Å². The molecule has 0 spiro atoms. The van der Waals surface area contributed by atoms with Crippen molar-refractivity contribution in [3.05, 3.63) is 11.9 Å². The van der Waals surface area contributed by atoms with E-state index in [0.717, 1.165) is 37.6 Å². The molecule has 6 heteroatoms. The molecule has 2 N–H and O–H groups in total. The van der Waals surface area contributed by atoms with Gasteiger partial charge in [-0.3, -0.25) is 0 Å². The molecule has 1 aliphatic rings. The van der Waals surface area contributed by atoms with Crippen molar-refractivity contribution in [1.29, 1.82) is 0 Å². The third kappa shape index (κ3) is 3.80. The molecule has 1 aromatic rings. The molecular formula is C14H24N4O2. The van der Waals surface area contributed by atoms with Gasteiger partial charge in [0, 0.05) is 32.8 Å². The van der Waals surface area contributed by atoms with Crippen LogP contribution < -0.4 is 10.2 Å². The molecule has 0 aliphatic carbocycles. The van der Waals surface area contributed by atoms with Gasteiger partial charge in [0.1, 0.15) is 18.2 Å². The van der Waals surface area contributed by atoms with Gasteiger partial charge < -0.3 is 20.1 Å². The van der Waals surface area contributed by atoms with Gasteiger partial charge in [-0.1, -0.05) is 0 Å². The average Bonchev–Trinajstić information content (AvgIpc) is 2.44. The number of nitrogens with one attached hydrogen (secondary N) is 1. The Kier molecular flexibility index (Phi) is 4.77. The summed E-state index contributed by atoms with van der Waals surface area (Å²) >= 11 is 0. The lowest BCUT2D eigenvalue weighted by atomic mass is 9.94. The number of nitrogens with zero attached hydrogens (tertiary/aromatic N) is 3. The Hall–Kier alpha value is -1.40. The first-order valence-corrected chi connectivity index (χ1v) is 7.15. The second kappa shape index (κ2) is 6.37. The Morgan fingerprint density at radius 1 is 1.40 bits per heavy atom. The van der Waals surface area contributed by atoms with Crippen molar-refractivity contribution in [2.45, 2.75) is 38.9 Å². The molecule has 0 unspecified atom stereocenters. The lowest BCUT2D eigenvalue weighted by Gasteiger charge is -2.36. The van der Waals surface area contributed by atoms with E-state index in [4.69, 9.17) is 4.74 Å². The van der Waals surface area contributed by atoms with Crippen LogP contribution in [0.25, 0.3) is 0 Å². The van der Waals surface area contributed by atoms with Gasteiger partial charge in [0.15, 0.2) is 5.82 Å². The summed E-state index contributed by atoms with van der Waals surface area (Å²) in [6, 6.07) is 1.94. The van der Waals surface area contributed by atoms with E-state index in [1.54, 1.807) is 0 Å². The lowest BCUT2D eigenvalue weighted by Crippen LogP contribution is -2.42. The molecule has 0 bridgehead atoms. The van der Waals surface area contributed by atoms with Gasteiger partial charge in [0.05, 0.1) is 5.60 Å². The maximum absolute atomic E-state index is 10.0. The van der Waals surface area contributed by atoms with Crippen molar-refractivity contribution in [1.82, 2.24) is 9.97 Å². The van der Waals surface area contributed by atoms with Crippen molar-refractivity contribution in [3.8, 4) is 0 Å². The fourth-order valence-electron chi connectivity index (χ4n) is 2.25. The Bertz CT molecular complexity index is 441. The van der Waals surface area contributed by atoms with Gasteiger partial charge in [0.25, 0.3) is 0 Å². The standard InChI is InChI=1S/C14H24N4O2/c1-4-20-10-12-16-11(15-3)9-13(17-12)18-7-5-14(2,19)6-8-18/h9,19H,4-8,10H2,1-3H3,(H,15,16,17). The predicted octanol–water partition coefficient (Wildman–Crippen LogP) is 1.41. The molecule has 6 nitrogen and oxygen atoms in total. The Morgan fingerprint density at radius 3 is 2.70 bits per heavy atom. The van der Waals surface area contributed by atoms with Crippen molar-refractivity contribution >= 4 is 11.6 Å². The Morgan fingerprint density at radius 2 is 2.10 bits per heavy atom. The smallest absolute Gasteiger partial charge is 0.158 e. The molecular weight excluding hydrogens is 256 g/mol. The van der Waals surface area contributed by atoms with Crippen LogP contribution in [0.4, 0.5) is 11.6 Å². The van der Waals surface area contributed by atoms with Gasteiger partial charge in [-0.2, -0.15) is 0 Å². The van der Waals surface area contributed by atoms with E-state index in [1.807, 2.05) is 27.0 Å². The van der Waals surface area contributed by atoms with E-state index >= 15 is 0 Å². The van der Waals surface area contributed by atoms with E-state index in [-0.39, 0.29) is 0 Å². The summed E-state index contributed by atoms with van der Waals surface area (Å²) in [6.07, 6.45) is 1.51. The van der Waals surface area contributed by atoms with E-state index in [0.29, 0.717) is 19.0 Å². The minimum Gasteiger partial charge on any atom is -0.390 e. The van der Waals surface area contributed by atoms with Gasteiger partial charge in [0.2, 0.25) is 0 Å². The molecule has 2 rings (SSSR count). The van der Waals surface area contributed by atoms with Crippen LogP contribution in [-0.2, 0) is 11.3 Å². The van der Waals surface area contributed by atoms with Crippen molar-refractivity contribution in [3.63, 3.8) is 0 Å². The van der Waals surface area contributed by atoms with E-state index in [1.165, 1.54) is 0 Å². The van der Waals surface area contributed by atoms with E-state index in [9.17, 15) is 5.11 Å². The zero-order valence-electron chi connectivity index (χ0n) is 12.5. The number of piperidine rings is 1. The van der Waals surface area contributed by atoms with Crippen LogP contribution in [0.3, 0.4) is 0 Å². The van der Waals surface area contributed by atoms with Crippen LogP contribution in [0.5, 0.6) is 0 Å². The molecule has 1 aromatic heterocycles. The molecule has 2 heterocycles. The Balaban J connectivity index is 2.14.